The highest BCUT2D eigenvalue weighted by molar-refractivity contribution is 5.48. The molecule has 0 atom stereocenters. The van der Waals surface area contributed by atoms with E-state index in [1.165, 1.54) is 0 Å². The number of anilines is 1. The molecule has 0 aliphatic carbocycles. The Balaban J connectivity index is 2.59. The number of nitrogen functional groups attached to an aromatic ring is 1. The van der Waals surface area contributed by atoms with Crippen molar-refractivity contribution in [1.29, 1.82) is 0 Å². The van der Waals surface area contributed by atoms with Crippen LogP contribution in [0.1, 0.15) is 22.8 Å². The van der Waals surface area contributed by atoms with Crippen molar-refractivity contribution >= 4 is 5.69 Å². The Morgan fingerprint density at radius 3 is 2.12 bits per heavy atom. The molecule has 2 aromatic heterocycles. The highest BCUT2D eigenvalue weighted by Gasteiger charge is 2.12. The molecule has 0 aromatic carbocycles. The van der Waals surface area contributed by atoms with Gasteiger partial charge < -0.3 is 5.73 Å². The molecule has 16 heavy (non-hydrogen) atoms. The summed E-state index contributed by atoms with van der Waals surface area (Å²) < 4.78 is 1.62. The largest absolute Gasteiger partial charge is 0.396 e. The summed E-state index contributed by atoms with van der Waals surface area (Å²) >= 11 is 0. The number of aromatic nitrogens is 5. The molecule has 0 radical (unpaired) electrons. The lowest BCUT2D eigenvalue weighted by molar-refractivity contribution is 0.730. The number of hydrogen-bond donors (Lipinski definition) is 1. The van der Waals surface area contributed by atoms with Crippen molar-refractivity contribution in [2.45, 2.75) is 27.7 Å². The second kappa shape index (κ2) is 3.55. The summed E-state index contributed by atoms with van der Waals surface area (Å²) in [6.45, 7) is 7.50. The van der Waals surface area contributed by atoms with Crippen LogP contribution < -0.4 is 5.73 Å². The Bertz CT molecular complexity index is 542. The van der Waals surface area contributed by atoms with Crippen molar-refractivity contribution in [3.63, 3.8) is 0 Å². The predicted octanol–water partition coefficient (Wildman–Crippen LogP) is 0.873. The first kappa shape index (κ1) is 10.5. The molecule has 0 amide bonds. The highest BCUT2D eigenvalue weighted by Crippen LogP contribution is 2.17. The first-order valence-electron chi connectivity index (χ1n) is 5.00. The van der Waals surface area contributed by atoms with Crippen molar-refractivity contribution < 1.29 is 0 Å². The van der Waals surface area contributed by atoms with Crippen molar-refractivity contribution in [2.75, 3.05) is 5.73 Å². The second-order valence-electron chi connectivity index (χ2n) is 3.78. The molecule has 0 spiro atoms. The normalized spacial score (nSPS) is 10.8. The zero-order valence-electron chi connectivity index (χ0n) is 9.81. The Hall–Kier alpha value is -1.98. The van der Waals surface area contributed by atoms with E-state index in [1.807, 2.05) is 27.7 Å². The van der Waals surface area contributed by atoms with Crippen LogP contribution in [0.4, 0.5) is 5.69 Å². The molecule has 0 aliphatic rings. The molecule has 0 unspecified atom stereocenters. The molecule has 0 aliphatic heterocycles. The smallest absolute Gasteiger partial charge is 0.270 e. The van der Waals surface area contributed by atoms with Gasteiger partial charge in [0.1, 0.15) is 0 Å². The van der Waals surface area contributed by atoms with Gasteiger partial charge in [-0.25, -0.2) is 4.98 Å². The van der Waals surface area contributed by atoms with Crippen LogP contribution in [0.25, 0.3) is 5.95 Å². The zero-order chi connectivity index (χ0) is 11.9. The molecule has 0 saturated heterocycles. The minimum atomic E-state index is 0.459. The van der Waals surface area contributed by atoms with E-state index >= 15 is 0 Å². The highest BCUT2D eigenvalue weighted by atomic mass is 15.4. The van der Waals surface area contributed by atoms with Crippen LogP contribution in [0, 0.1) is 27.7 Å². The lowest BCUT2D eigenvalue weighted by Crippen LogP contribution is -2.09. The lowest BCUT2D eigenvalue weighted by atomic mass is 10.3. The first-order chi connectivity index (χ1) is 7.50. The summed E-state index contributed by atoms with van der Waals surface area (Å²) in [5, 5.41) is 12.3. The van der Waals surface area contributed by atoms with E-state index in [1.54, 1.807) is 4.68 Å². The Morgan fingerprint density at radius 2 is 1.62 bits per heavy atom. The third-order valence-corrected chi connectivity index (χ3v) is 2.62. The maximum atomic E-state index is 5.85. The predicted molar refractivity (Wildman–Crippen MR) is 60.3 cm³/mol. The van der Waals surface area contributed by atoms with Crippen LogP contribution >= 0.6 is 0 Å². The molecular weight excluding hydrogens is 204 g/mol. The van der Waals surface area contributed by atoms with Gasteiger partial charge in [0.05, 0.1) is 28.5 Å². The van der Waals surface area contributed by atoms with Crippen LogP contribution in [-0.2, 0) is 0 Å². The fourth-order valence-electron chi connectivity index (χ4n) is 1.38. The van der Waals surface area contributed by atoms with Crippen LogP contribution in [-0.4, -0.2) is 25.0 Å². The molecule has 2 heterocycles. The van der Waals surface area contributed by atoms with Crippen molar-refractivity contribution in [1.82, 2.24) is 25.0 Å². The lowest BCUT2D eigenvalue weighted by Gasteiger charge is -2.03. The molecule has 2 aromatic rings. The summed E-state index contributed by atoms with van der Waals surface area (Å²) in [5.74, 6) is 0.459. The Morgan fingerprint density at radius 1 is 0.938 bits per heavy atom. The van der Waals surface area contributed by atoms with Gasteiger partial charge in [0.2, 0.25) is 0 Å². The Labute approximate surface area is 93.5 Å². The fourth-order valence-corrected chi connectivity index (χ4v) is 1.38. The van der Waals surface area contributed by atoms with E-state index in [0.29, 0.717) is 11.6 Å². The number of nitrogens with zero attached hydrogens (tertiary/aromatic N) is 5. The van der Waals surface area contributed by atoms with Gasteiger partial charge in [-0.15, -0.1) is 5.10 Å². The maximum Gasteiger partial charge on any atom is 0.270 e. The van der Waals surface area contributed by atoms with Gasteiger partial charge in [-0.2, -0.15) is 14.9 Å². The average molecular weight is 218 g/mol. The topological polar surface area (TPSA) is 82.5 Å². The van der Waals surface area contributed by atoms with Crippen molar-refractivity contribution in [3.8, 4) is 5.95 Å². The first-order valence-corrected chi connectivity index (χ1v) is 5.00. The average Bonchev–Trinajstić information content (AvgIpc) is 2.50. The monoisotopic (exact) mass is 218 g/mol. The third-order valence-electron chi connectivity index (χ3n) is 2.62. The quantitative estimate of drug-likeness (QED) is 0.768. The van der Waals surface area contributed by atoms with Crippen molar-refractivity contribution in [3.05, 3.63) is 22.8 Å². The zero-order valence-corrected chi connectivity index (χ0v) is 9.81. The van der Waals surface area contributed by atoms with E-state index in [-0.39, 0.29) is 0 Å². The molecule has 0 saturated carbocycles. The minimum Gasteiger partial charge on any atom is -0.396 e. The van der Waals surface area contributed by atoms with Gasteiger partial charge >= 0.3 is 0 Å². The molecule has 2 rings (SSSR count). The number of nitrogens with two attached hydrogens (primary N) is 1. The molecule has 0 bridgehead atoms. The maximum absolute atomic E-state index is 5.85. The van der Waals surface area contributed by atoms with Gasteiger partial charge in [-0.1, -0.05) is 0 Å². The molecule has 6 heteroatoms. The Kier molecular flexibility index (Phi) is 2.34. The molecule has 0 fully saturated rings. The van der Waals surface area contributed by atoms with Crippen molar-refractivity contribution in [2.24, 2.45) is 0 Å². The van der Waals surface area contributed by atoms with E-state index in [9.17, 15) is 0 Å². The van der Waals surface area contributed by atoms with Gasteiger partial charge in [0, 0.05) is 0 Å². The van der Waals surface area contributed by atoms with Gasteiger partial charge in [0.15, 0.2) is 0 Å². The summed E-state index contributed by atoms with van der Waals surface area (Å²) in [7, 11) is 0. The van der Waals surface area contributed by atoms with Gasteiger partial charge in [0.25, 0.3) is 5.95 Å². The molecular formula is C10H14N6. The molecule has 6 nitrogen and oxygen atoms in total. The van der Waals surface area contributed by atoms with Crippen LogP contribution in [0.3, 0.4) is 0 Å². The van der Waals surface area contributed by atoms with E-state index in [4.69, 9.17) is 5.73 Å². The summed E-state index contributed by atoms with van der Waals surface area (Å²) in [4.78, 5) is 4.33. The van der Waals surface area contributed by atoms with Crippen LogP contribution in [0.5, 0.6) is 0 Å². The number of aryl methyl sites for hydroxylation is 3. The third kappa shape index (κ3) is 1.52. The molecule has 84 valence electrons. The van der Waals surface area contributed by atoms with E-state index < -0.39 is 0 Å². The van der Waals surface area contributed by atoms with Crippen LogP contribution in [0.15, 0.2) is 0 Å². The summed E-state index contributed by atoms with van der Waals surface area (Å²) in [6.07, 6.45) is 0. The van der Waals surface area contributed by atoms with Crippen LogP contribution in [0.2, 0.25) is 0 Å². The minimum absolute atomic E-state index is 0.459. The summed E-state index contributed by atoms with van der Waals surface area (Å²) in [6, 6.07) is 0. The molecule has 2 N–H and O–H groups in total. The number of hydrogen-bond acceptors (Lipinski definition) is 5. The van der Waals surface area contributed by atoms with Gasteiger partial charge in [-0.05, 0) is 27.7 Å². The fraction of sp³-hybridized carbons (Fsp3) is 0.400. The van der Waals surface area contributed by atoms with E-state index in [0.717, 1.165) is 22.8 Å². The number of rotatable bonds is 1. The SMILES string of the molecule is Cc1nnc(-n2nc(C)c(N)c2C)nc1C. The standard InChI is InChI=1S/C10H14N6/c1-5-6(2)13-14-10(12-5)16-8(4)9(11)7(3)15-16/h11H2,1-4H3. The van der Waals surface area contributed by atoms with E-state index in [2.05, 4.69) is 20.3 Å². The second-order valence-corrected chi connectivity index (χ2v) is 3.78. The summed E-state index contributed by atoms with van der Waals surface area (Å²) in [5.41, 5.74) is 9.79. The van der Waals surface area contributed by atoms with Gasteiger partial charge in [-0.3, -0.25) is 0 Å².